The molecule has 1 N–H and O–H groups in total. The molecule has 2 aromatic rings. The third-order valence-corrected chi connectivity index (χ3v) is 5.86. The highest BCUT2D eigenvalue weighted by atomic mass is 19.1. The van der Waals surface area contributed by atoms with E-state index in [9.17, 15) is 9.59 Å². The van der Waals surface area contributed by atoms with E-state index < -0.39 is 11.7 Å². The zero-order chi connectivity index (χ0) is 25.0. The fourth-order valence-corrected chi connectivity index (χ4v) is 4.10. The van der Waals surface area contributed by atoms with E-state index in [1.807, 2.05) is 62.1 Å². The molecule has 0 aromatic heterocycles. The van der Waals surface area contributed by atoms with Crippen LogP contribution < -0.4 is 15.0 Å². The van der Waals surface area contributed by atoms with Crippen molar-refractivity contribution in [1.29, 1.82) is 0 Å². The van der Waals surface area contributed by atoms with E-state index in [1.165, 1.54) is 6.07 Å². The minimum absolute atomic E-state index is 0.162. The van der Waals surface area contributed by atoms with Gasteiger partial charge in [-0.1, -0.05) is 30.3 Å². The first-order valence-electron chi connectivity index (χ1n) is 11.8. The highest BCUT2D eigenvalue weighted by Gasteiger charge is 2.29. The molecule has 2 aromatic carbocycles. The number of hydrogen-bond acceptors (Lipinski definition) is 6. The van der Waals surface area contributed by atoms with Gasteiger partial charge in [0.05, 0.1) is 6.04 Å². The first-order valence-corrected chi connectivity index (χ1v) is 11.8. The van der Waals surface area contributed by atoms with Crippen molar-refractivity contribution >= 4 is 17.9 Å². The van der Waals surface area contributed by atoms with Gasteiger partial charge in [0.25, 0.3) is 0 Å². The van der Waals surface area contributed by atoms with Crippen LogP contribution in [0.5, 0.6) is 5.75 Å². The summed E-state index contributed by atoms with van der Waals surface area (Å²) >= 11 is 0. The molecule has 2 amide bonds. The Kier molecular flexibility index (Phi) is 7.33. The van der Waals surface area contributed by atoms with E-state index in [4.69, 9.17) is 14.2 Å². The molecule has 0 spiro atoms. The summed E-state index contributed by atoms with van der Waals surface area (Å²) in [5.41, 5.74) is 1.48. The molecule has 1 fully saturated rings. The van der Waals surface area contributed by atoms with Crippen molar-refractivity contribution in [3.05, 3.63) is 59.4 Å². The van der Waals surface area contributed by atoms with Crippen LogP contribution in [-0.4, -0.2) is 61.5 Å². The second-order valence-electron chi connectivity index (χ2n) is 9.78. The number of rotatable bonds is 4. The van der Waals surface area contributed by atoms with Gasteiger partial charge in [-0.3, -0.25) is 0 Å². The molecule has 0 radical (unpaired) electrons. The maximum absolute atomic E-state index is 15.0. The van der Waals surface area contributed by atoms with Crippen LogP contribution in [0.4, 0.5) is 19.7 Å². The average molecular weight is 486 g/mol. The van der Waals surface area contributed by atoms with Crippen LogP contribution in [0.2, 0.25) is 0 Å². The number of piperazine rings is 1. The third kappa shape index (κ3) is 6.55. The van der Waals surface area contributed by atoms with Crippen molar-refractivity contribution < 1.29 is 28.2 Å². The van der Waals surface area contributed by atoms with Crippen molar-refractivity contribution in [1.82, 2.24) is 10.2 Å². The number of nitrogens with one attached hydrogen (secondary N) is 1. The van der Waals surface area contributed by atoms with Gasteiger partial charge in [-0.05, 0) is 32.4 Å². The molecule has 8 nitrogen and oxygen atoms in total. The molecule has 2 aliphatic heterocycles. The molecule has 4 rings (SSSR count). The number of carbonyl (C=O) groups excluding carboxylic acids is 2. The lowest BCUT2D eigenvalue weighted by atomic mass is 10.0. The van der Waals surface area contributed by atoms with Gasteiger partial charge in [-0.2, -0.15) is 0 Å². The molecule has 0 saturated carbocycles. The number of alkyl carbamates (subject to hydrolysis) is 1. The van der Waals surface area contributed by atoms with Crippen molar-refractivity contribution in [3.63, 3.8) is 0 Å². The smallest absolute Gasteiger partial charge is 0.410 e. The van der Waals surface area contributed by atoms with Gasteiger partial charge in [-0.25, -0.2) is 14.0 Å². The Labute approximate surface area is 204 Å². The van der Waals surface area contributed by atoms with Gasteiger partial charge in [0, 0.05) is 49.9 Å². The lowest BCUT2D eigenvalue weighted by molar-refractivity contribution is 0.0240. The van der Waals surface area contributed by atoms with Gasteiger partial charge in [0.15, 0.2) is 0 Å². The molecular weight excluding hydrogens is 453 g/mol. The van der Waals surface area contributed by atoms with Gasteiger partial charge < -0.3 is 29.3 Å². The summed E-state index contributed by atoms with van der Waals surface area (Å²) in [6.45, 7) is 8.01. The van der Waals surface area contributed by atoms with E-state index in [-0.39, 0.29) is 31.2 Å². The van der Waals surface area contributed by atoms with Crippen LogP contribution in [0.15, 0.2) is 42.5 Å². The van der Waals surface area contributed by atoms with Crippen molar-refractivity contribution in [2.24, 2.45) is 0 Å². The zero-order valence-corrected chi connectivity index (χ0v) is 20.4. The Hall–Kier alpha value is -3.49. The van der Waals surface area contributed by atoms with Crippen molar-refractivity contribution in [3.8, 4) is 5.75 Å². The molecule has 0 aliphatic carbocycles. The SMILES string of the molecule is CC(C)(C)OC(=O)N1CCN(c2cc(F)c3c(c2)OCC(NC(=O)OCc2ccccc2)C3)CC1. The van der Waals surface area contributed by atoms with Crippen LogP contribution in [-0.2, 0) is 22.5 Å². The molecule has 35 heavy (non-hydrogen) atoms. The van der Waals surface area contributed by atoms with E-state index >= 15 is 4.39 Å². The topological polar surface area (TPSA) is 80.3 Å². The second-order valence-corrected chi connectivity index (χ2v) is 9.78. The first kappa shape index (κ1) is 24.6. The van der Waals surface area contributed by atoms with Crippen molar-refractivity contribution in [2.45, 2.75) is 45.4 Å². The maximum Gasteiger partial charge on any atom is 0.410 e. The summed E-state index contributed by atoms with van der Waals surface area (Å²) in [7, 11) is 0. The second kappa shape index (κ2) is 10.4. The van der Waals surface area contributed by atoms with Crippen LogP contribution >= 0.6 is 0 Å². The Morgan fingerprint density at radius 3 is 2.51 bits per heavy atom. The lowest BCUT2D eigenvalue weighted by Crippen LogP contribution is -2.50. The van der Waals surface area contributed by atoms with Gasteiger partial charge in [0.1, 0.15) is 30.4 Å². The monoisotopic (exact) mass is 485 g/mol. The number of benzene rings is 2. The lowest BCUT2D eigenvalue weighted by Gasteiger charge is -2.37. The van der Waals surface area contributed by atoms with Crippen LogP contribution in [0.25, 0.3) is 0 Å². The molecule has 2 aliphatic rings. The number of hydrogen-bond donors (Lipinski definition) is 1. The molecule has 1 atom stereocenters. The quantitative estimate of drug-likeness (QED) is 0.702. The molecule has 0 bridgehead atoms. The highest BCUT2D eigenvalue weighted by molar-refractivity contribution is 5.69. The minimum Gasteiger partial charge on any atom is -0.491 e. The molecular formula is C26H32FN3O5. The summed E-state index contributed by atoms with van der Waals surface area (Å²) in [5, 5.41) is 2.75. The van der Waals surface area contributed by atoms with Crippen LogP contribution in [0, 0.1) is 5.82 Å². The summed E-state index contributed by atoms with van der Waals surface area (Å²) < 4.78 is 31.5. The molecule has 188 valence electrons. The number of anilines is 1. The summed E-state index contributed by atoms with van der Waals surface area (Å²) in [6.07, 6.45) is -0.586. The average Bonchev–Trinajstić information content (AvgIpc) is 2.83. The van der Waals surface area contributed by atoms with Gasteiger partial charge >= 0.3 is 12.2 Å². The molecule has 2 heterocycles. The minimum atomic E-state index is -0.564. The molecule has 9 heteroatoms. The van der Waals surface area contributed by atoms with Gasteiger partial charge in [-0.15, -0.1) is 0 Å². The maximum atomic E-state index is 15.0. The number of ether oxygens (including phenoxy) is 3. The third-order valence-electron chi connectivity index (χ3n) is 5.86. The van der Waals surface area contributed by atoms with Crippen molar-refractivity contribution in [2.75, 3.05) is 37.7 Å². The summed E-state index contributed by atoms with van der Waals surface area (Å²) in [5.74, 6) is 0.0986. The number of nitrogens with zero attached hydrogens (tertiary/aromatic N) is 2. The Morgan fingerprint density at radius 2 is 1.83 bits per heavy atom. The predicted molar refractivity (Wildman–Crippen MR) is 129 cm³/mol. The van der Waals surface area contributed by atoms with E-state index in [0.717, 1.165) is 5.56 Å². The number of carbonyl (C=O) groups is 2. The van der Waals surface area contributed by atoms with E-state index in [1.54, 1.807) is 4.90 Å². The number of halogens is 1. The van der Waals surface area contributed by atoms with E-state index in [0.29, 0.717) is 49.6 Å². The normalized spacial score (nSPS) is 17.8. The number of fused-ring (bicyclic) bond motifs is 1. The first-order chi connectivity index (χ1) is 16.7. The predicted octanol–water partition coefficient (Wildman–Crippen LogP) is 4.11. The Bertz CT molecular complexity index is 1050. The Morgan fingerprint density at radius 1 is 1.11 bits per heavy atom. The molecule has 1 unspecified atom stereocenters. The van der Waals surface area contributed by atoms with E-state index in [2.05, 4.69) is 5.32 Å². The fourth-order valence-electron chi connectivity index (χ4n) is 4.10. The standard InChI is InChI=1S/C26H32FN3O5/c1-26(2,3)35-25(32)30-11-9-29(10-12-30)20-14-22(27)21-13-19(17-33-23(21)15-20)28-24(31)34-16-18-7-5-4-6-8-18/h4-8,14-15,19H,9-13,16-17H2,1-3H3,(H,28,31). The highest BCUT2D eigenvalue weighted by Crippen LogP contribution is 2.33. The largest absolute Gasteiger partial charge is 0.491 e. The number of amides is 2. The summed E-state index contributed by atoms with van der Waals surface area (Å²) in [4.78, 5) is 28.1. The van der Waals surface area contributed by atoms with Gasteiger partial charge in [0.2, 0.25) is 0 Å². The Balaban J connectivity index is 1.31. The molecule has 1 saturated heterocycles. The van der Waals surface area contributed by atoms with Crippen LogP contribution in [0.1, 0.15) is 31.9 Å². The zero-order valence-electron chi connectivity index (χ0n) is 20.4. The summed E-state index contributed by atoms with van der Waals surface area (Å²) in [6, 6.07) is 12.3. The van der Waals surface area contributed by atoms with Crippen LogP contribution in [0.3, 0.4) is 0 Å². The fraction of sp³-hybridized carbons (Fsp3) is 0.462.